The van der Waals surface area contributed by atoms with Crippen LogP contribution in [0, 0.1) is 0 Å². The van der Waals surface area contributed by atoms with Gasteiger partial charge in [0.15, 0.2) is 0 Å². The highest BCUT2D eigenvalue weighted by molar-refractivity contribution is 5.92. The third-order valence-corrected chi connectivity index (χ3v) is 4.43. The molecule has 0 fully saturated rings. The molecule has 27 heavy (non-hydrogen) atoms. The van der Waals surface area contributed by atoms with Crippen molar-refractivity contribution in [2.24, 2.45) is 0 Å². The summed E-state index contributed by atoms with van der Waals surface area (Å²) in [6.45, 7) is 2.27. The molecule has 0 radical (unpaired) electrons. The molecule has 0 aliphatic rings. The minimum absolute atomic E-state index is 0.0751. The first-order valence-electron chi connectivity index (χ1n) is 8.82. The second-order valence-electron chi connectivity index (χ2n) is 6.26. The molecule has 0 saturated heterocycles. The van der Waals surface area contributed by atoms with Crippen LogP contribution in [-0.2, 0) is 16.0 Å². The fraction of sp³-hybridized carbons (Fsp3) is 0.238. The van der Waals surface area contributed by atoms with Crippen LogP contribution in [0.1, 0.15) is 12.5 Å². The number of benzene rings is 2. The number of methoxy groups -OCH3 is 1. The zero-order valence-corrected chi connectivity index (χ0v) is 15.5. The molecular weight excluding hydrogens is 342 g/mol. The van der Waals surface area contributed by atoms with Gasteiger partial charge in [0.1, 0.15) is 5.75 Å². The van der Waals surface area contributed by atoms with Gasteiger partial charge < -0.3 is 19.9 Å². The summed E-state index contributed by atoms with van der Waals surface area (Å²) in [5.74, 6) is 0.519. The smallest absolute Gasteiger partial charge is 0.224 e. The maximum Gasteiger partial charge on any atom is 0.224 e. The van der Waals surface area contributed by atoms with E-state index in [1.807, 2.05) is 48.7 Å². The number of carbonyl (C=O) groups excluding carboxylic acids is 2. The summed E-state index contributed by atoms with van der Waals surface area (Å²) in [5.41, 5.74) is 2.72. The van der Waals surface area contributed by atoms with E-state index in [-0.39, 0.29) is 11.8 Å². The van der Waals surface area contributed by atoms with Gasteiger partial charge >= 0.3 is 0 Å². The minimum atomic E-state index is -0.0888. The first kappa shape index (κ1) is 18.5. The molecule has 3 rings (SSSR count). The fourth-order valence-corrected chi connectivity index (χ4v) is 3.07. The van der Waals surface area contributed by atoms with Crippen LogP contribution < -0.4 is 15.0 Å². The predicted molar refractivity (Wildman–Crippen MR) is 106 cm³/mol. The molecule has 0 unspecified atom stereocenters. The Morgan fingerprint density at radius 1 is 1.15 bits per heavy atom. The molecular formula is C21H23N3O3. The number of nitrogens with one attached hydrogen (secondary N) is 2. The summed E-state index contributed by atoms with van der Waals surface area (Å²) in [6, 6.07) is 15.2. The van der Waals surface area contributed by atoms with Crippen molar-refractivity contribution in [3.05, 3.63) is 60.3 Å². The monoisotopic (exact) mass is 365 g/mol. The molecule has 1 heterocycles. The Balaban J connectivity index is 1.58. The molecule has 2 N–H and O–H groups in total. The zero-order valence-electron chi connectivity index (χ0n) is 15.5. The lowest BCUT2D eigenvalue weighted by Gasteiger charge is -2.22. The van der Waals surface area contributed by atoms with Crippen LogP contribution in [0.2, 0.25) is 0 Å². The van der Waals surface area contributed by atoms with Crippen LogP contribution in [-0.4, -0.2) is 37.0 Å². The van der Waals surface area contributed by atoms with E-state index in [0.717, 1.165) is 22.2 Å². The summed E-state index contributed by atoms with van der Waals surface area (Å²) in [7, 11) is 1.59. The number of amides is 2. The van der Waals surface area contributed by atoms with E-state index in [1.165, 1.54) is 6.92 Å². The molecule has 0 aliphatic heterocycles. The lowest BCUT2D eigenvalue weighted by molar-refractivity contribution is -0.121. The minimum Gasteiger partial charge on any atom is -0.497 e. The molecule has 0 bridgehead atoms. The number of aromatic nitrogens is 1. The van der Waals surface area contributed by atoms with Crippen LogP contribution >= 0.6 is 0 Å². The van der Waals surface area contributed by atoms with E-state index in [1.54, 1.807) is 18.1 Å². The number of nitrogens with zero attached hydrogens (tertiary/aromatic N) is 1. The lowest BCUT2D eigenvalue weighted by atomic mass is 10.1. The molecule has 0 saturated carbocycles. The van der Waals surface area contributed by atoms with Gasteiger partial charge in [-0.3, -0.25) is 9.59 Å². The average Bonchev–Trinajstić information content (AvgIpc) is 3.08. The Kier molecular flexibility index (Phi) is 5.76. The molecule has 6 heteroatoms. The maximum atomic E-state index is 12.3. The van der Waals surface area contributed by atoms with Crippen molar-refractivity contribution < 1.29 is 14.3 Å². The van der Waals surface area contributed by atoms with Crippen LogP contribution in [0.25, 0.3) is 10.9 Å². The van der Waals surface area contributed by atoms with Crippen LogP contribution in [0.15, 0.2) is 54.7 Å². The van der Waals surface area contributed by atoms with Crippen LogP contribution in [0.4, 0.5) is 5.69 Å². The van der Waals surface area contributed by atoms with Gasteiger partial charge in [-0.05, 0) is 23.8 Å². The van der Waals surface area contributed by atoms with Gasteiger partial charge in [0.25, 0.3) is 0 Å². The molecule has 0 atom stereocenters. The predicted octanol–water partition coefficient (Wildman–Crippen LogP) is 2.89. The van der Waals surface area contributed by atoms with E-state index >= 15 is 0 Å². The third kappa shape index (κ3) is 4.47. The summed E-state index contributed by atoms with van der Waals surface area (Å²) >= 11 is 0. The zero-order chi connectivity index (χ0) is 19.2. The average molecular weight is 365 g/mol. The number of hydrogen-bond acceptors (Lipinski definition) is 3. The topological polar surface area (TPSA) is 74.4 Å². The van der Waals surface area contributed by atoms with Crippen molar-refractivity contribution in [2.75, 3.05) is 25.1 Å². The lowest BCUT2D eigenvalue weighted by Crippen LogP contribution is -2.38. The van der Waals surface area contributed by atoms with Gasteiger partial charge in [0.2, 0.25) is 11.8 Å². The second kappa shape index (κ2) is 8.40. The quantitative estimate of drug-likeness (QED) is 0.676. The Morgan fingerprint density at radius 3 is 2.74 bits per heavy atom. The maximum absolute atomic E-state index is 12.3. The van der Waals surface area contributed by atoms with E-state index in [4.69, 9.17) is 4.74 Å². The Hall–Kier alpha value is -3.28. The standard InChI is InChI=1S/C21H23N3O3/c1-15(25)24(17-6-5-7-18(13-17)27-2)11-10-22-21(26)12-16-14-23-20-9-4-3-8-19(16)20/h3-9,13-14,23H,10-12H2,1-2H3,(H,22,26). The summed E-state index contributed by atoms with van der Waals surface area (Å²) in [6.07, 6.45) is 2.16. The molecule has 140 valence electrons. The highest BCUT2D eigenvalue weighted by atomic mass is 16.5. The normalized spacial score (nSPS) is 10.6. The summed E-state index contributed by atoms with van der Waals surface area (Å²) in [5, 5.41) is 3.94. The SMILES string of the molecule is COc1cccc(N(CCNC(=O)Cc2c[nH]c3ccccc23)C(C)=O)c1. The largest absolute Gasteiger partial charge is 0.497 e. The van der Waals surface area contributed by atoms with Gasteiger partial charge in [0, 0.05) is 48.9 Å². The number of H-pyrrole nitrogens is 1. The molecule has 2 amide bonds. The summed E-state index contributed by atoms with van der Waals surface area (Å²) in [4.78, 5) is 29.1. The molecule has 0 aliphatic carbocycles. The van der Waals surface area contributed by atoms with Gasteiger partial charge in [-0.15, -0.1) is 0 Å². The molecule has 1 aromatic heterocycles. The molecule has 3 aromatic rings. The Labute approximate surface area is 158 Å². The van der Waals surface area contributed by atoms with Gasteiger partial charge in [-0.2, -0.15) is 0 Å². The van der Waals surface area contributed by atoms with Crippen molar-refractivity contribution in [3.63, 3.8) is 0 Å². The number of para-hydroxylation sites is 1. The molecule has 2 aromatic carbocycles. The number of aromatic amines is 1. The summed E-state index contributed by atoms with van der Waals surface area (Å²) < 4.78 is 5.21. The van der Waals surface area contributed by atoms with E-state index < -0.39 is 0 Å². The first-order valence-corrected chi connectivity index (χ1v) is 8.82. The Bertz CT molecular complexity index is 949. The highest BCUT2D eigenvalue weighted by Crippen LogP contribution is 2.21. The first-order chi connectivity index (χ1) is 13.1. The second-order valence-corrected chi connectivity index (χ2v) is 6.26. The number of anilines is 1. The van der Waals surface area contributed by atoms with Crippen molar-refractivity contribution in [2.45, 2.75) is 13.3 Å². The van der Waals surface area contributed by atoms with Crippen LogP contribution in [0.3, 0.4) is 0 Å². The van der Waals surface area contributed by atoms with E-state index in [2.05, 4.69) is 10.3 Å². The van der Waals surface area contributed by atoms with E-state index in [9.17, 15) is 9.59 Å². The van der Waals surface area contributed by atoms with Crippen molar-refractivity contribution in [1.29, 1.82) is 0 Å². The third-order valence-electron chi connectivity index (χ3n) is 4.43. The number of hydrogen-bond donors (Lipinski definition) is 2. The van der Waals surface area contributed by atoms with Crippen LogP contribution in [0.5, 0.6) is 5.75 Å². The van der Waals surface area contributed by atoms with Crippen molar-refractivity contribution >= 4 is 28.4 Å². The number of ether oxygens (including phenoxy) is 1. The number of fused-ring (bicyclic) bond motifs is 1. The molecule has 6 nitrogen and oxygen atoms in total. The van der Waals surface area contributed by atoms with Crippen molar-refractivity contribution in [3.8, 4) is 5.75 Å². The molecule has 0 spiro atoms. The van der Waals surface area contributed by atoms with Crippen molar-refractivity contribution in [1.82, 2.24) is 10.3 Å². The van der Waals surface area contributed by atoms with Gasteiger partial charge in [0.05, 0.1) is 13.5 Å². The number of rotatable bonds is 7. The van der Waals surface area contributed by atoms with Gasteiger partial charge in [-0.25, -0.2) is 0 Å². The fourth-order valence-electron chi connectivity index (χ4n) is 3.07. The Morgan fingerprint density at radius 2 is 1.96 bits per heavy atom. The van der Waals surface area contributed by atoms with E-state index in [0.29, 0.717) is 25.3 Å². The number of carbonyl (C=O) groups is 2. The highest BCUT2D eigenvalue weighted by Gasteiger charge is 2.13. The van der Waals surface area contributed by atoms with Gasteiger partial charge in [-0.1, -0.05) is 24.3 Å².